The molecule has 20 heavy (non-hydrogen) atoms. The molecule has 1 aromatic carbocycles. The first kappa shape index (κ1) is 13.8. The zero-order chi connectivity index (χ0) is 14.9. The summed E-state index contributed by atoms with van der Waals surface area (Å²) in [6.07, 6.45) is 1.47. The van der Waals surface area contributed by atoms with Crippen molar-refractivity contribution in [3.8, 4) is 0 Å². The van der Waals surface area contributed by atoms with Crippen molar-refractivity contribution in [3.63, 3.8) is 0 Å². The van der Waals surface area contributed by atoms with Gasteiger partial charge in [0.1, 0.15) is 0 Å². The van der Waals surface area contributed by atoms with Crippen LogP contribution in [0.4, 0.5) is 0 Å². The number of esters is 1. The fraction of sp³-hybridized carbons (Fsp3) is 0.214. The molecular weight excluding hydrogens is 260 g/mol. The number of Topliss-reactive ketones (excluding diaryl/α,β-unsaturated/α-hetero) is 1. The Hall–Kier alpha value is -2.63. The van der Waals surface area contributed by atoms with Gasteiger partial charge < -0.3 is 14.6 Å². The van der Waals surface area contributed by atoms with Crippen molar-refractivity contribution in [2.45, 2.75) is 0 Å². The minimum absolute atomic E-state index is 0.240. The van der Waals surface area contributed by atoms with Crippen molar-refractivity contribution in [2.24, 2.45) is 0 Å². The van der Waals surface area contributed by atoms with Gasteiger partial charge in [-0.3, -0.25) is 9.59 Å². The predicted octanol–water partition coefficient (Wildman–Crippen LogP) is 1.23. The second-order valence-electron chi connectivity index (χ2n) is 4.48. The third-order valence-electron chi connectivity index (χ3n) is 2.95. The zero-order valence-corrected chi connectivity index (χ0v) is 11.4. The number of aromatic nitrogens is 1. The monoisotopic (exact) mass is 274 g/mol. The number of hydrogen-bond donors (Lipinski definition) is 1. The quantitative estimate of drug-likeness (QED) is 0.518. The molecule has 0 bridgehead atoms. The number of fused-ring (bicyclic) bond motifs is 1. The highest BCUT2D eigenvalue weighted by Crippen LogP contribution is 2.21. The smallest absolute Gasteiger partial charge is 0.337 e. The predicted molar refractivity (Wildman–Crippen MR) is 72.7 cm³/mol. The number of likely N-dealkylation sites (N-methyl/N-ethyl adjacent to an activating group) is 1. The number of carbonyl (C=O) groups excluding carboxylic acids is 3. The van der Waals surface area contributed by atoms with E-state index < -0.39 is 17.7 Å². The molecule has 0 saturated carbocycles. The lowest BCUT2D eigenvalue weighted by Gasteiger charge is -2.08. The molecule has 2 rings (SSSR count). The van der Waals surface area contributed by atoms with Crippen LogP contribution in [0.25, 0.3) is 10.9 Å². The van der Waals surface area contributed by atoms with Crippen molar-refractivity contribution >= 4 is 28.6 Å². The fourth-order valence-corrected chi connectivity index (χ4v) is 1.87. The van der Waals surface area contributed by atoms with E-state index in [1.54, 1.807) is 12.1 Å². The molecule has 0 radical (unpaired) electrons. The van der Waals surface area contributed by atoms with Gasteiger partial charge in [0.25, 0.3) is 11.7 Å². The molecule has 1 amide bonds. The lowest BCUT2D eigenvalue weighted by atomic mass is 10.1. The Morgan fingerprint density at radius 1 is 1.20 bits per heavy atom. The number of carbonyl (C=O) groups is 3. The van der Waals surface area contributed by atoms with Gasteiger partial charge in [-0.15, -0.1) is 0 Å². The third-order valence-corrected chi connectivity index (χ3v) is 2.95. The van der Waals surface area contributed by atoms with Gasteiger partial charge in [0.15, 0.2) is 0 Å². The van der Waals surface area contributed by atoms with Crippen molar-refractivity contribution < 1.29 is 19.1 Å². The van der Waals surface area contributed by atoms with Crippen LogP contribution in [0, 0.1) is 0 Å². The molecule has 0 aliphatic carbocycles. The summed E-state index contributed by atoms with van der Waals surface area (Å²) in [7, 11) is 4.30. The Labute approximate surface area is 115 Å². The molecule has 0 spiro atoms. The van der Waals surface area contributed by atoms with Crippen LogP contribution in [0.3, 0.4) is 0 Å². The van der Waals surface area contributed by atoms with Crippen molar-refractivity contribution in [2.75, 3.05) is 21.2 Å². The summed E-state index contributed by atoms with van der Waals surface area (Å²) >= 11 is 0. The largest absolute Gasteiger partial charge is 0.465 e. The van der Waals surface area contributed by atoms with Crippen LogP contribution in [0.1, 0.15) is 20.7 Å². The van der Waals surface area contributed by atoms with Crippen LogP contribution in [-0.2, 0) is 9.53 Å². The maximum absolute atomic E-state index is 12.1. The van der Waals surface area contributed by atoms with Gasteiger partial charge in [-0.05, 0) is 18.2 Å². The lowest BCUT2D eigenvalue weighted by molar-refractivity contribution is -0.124. The summed E-state index contributed by atoms with van der Waals surface area (Å²) < 4.78 is 4.64. The molecule has 0 aliphatic rings. The number of nitrogens with one attached hydrogen (secondary N) is 1. The molecule has 2 aromatic rings. The molecule has 0 saturated heterocycles. The second-order valence-corrected chi connectivity index (χ2v) is 4.48. The number of aromatic amines is 1. The van der Waals surface area contributed by atoms with Crippen LogP contribution in [0.5, 0.6) is 0 Å². The highest BCUT2D eigenvalue weighted by Gasteiger charge is 2.22. The van der Waals surface area contributed by atoms with Crippen LogP contribution in [-0.4, -0.2) is 48.7 Å². The average Bonchev–Trinajstić information content (AvgIpc) is 2.87. The normalized spacial score (nSPS) is 10.3. The van der Waals surface area contributed by atoms with Gasteiger partial charge in [-0.1, -0.05) is 0 Å². The Morgan fingerprint density at radius 2 is 1.90 bits per heavy atom. The maximum atomic E-state index is 12.1. The Balaban J connectivity index is 2.52. The number of benzene rings is 1. The number of H-pyrrole nitrogens is 1. The van der Waals surface area contributed by atoms with E-state index in [4.69, 9.17) is 0 Å². The van der Waals surface area contributed by atoms with E-state index in [2.05, 4.69) is 9.72 Å². The van der Waals surface area contributed by atoms with Gasteiger partial charge in [-0.2, -0.15) is 0 Å². The topological polar surface area (TPSA) is 79.5 Å². The van der Waals surface area contributed by atoms with Crippen LogP contribution < -0.4 is 0 Å². The first-order valence-corrected chi connectivity index (χ1v) is 5.91. The molecule has 1 aromatic heterocycles. The molecule has 1 heterocycles. The van der Waals surface area contributed by atoms with E-state index in [1.165, 1.54) is 38.4 Å². The molecule has 1 N–H and O–H groups in total. The minimum Gasteiger partial charge on any atom is -0.465 e. The molecule has 6 nitrogen and oxygen atoms in total. The van der Waals surface area contributed by atoms with Gasteiger partial charge in [0.05, 0.1) is 18.2 Å². The van der Waals surface area contributed by atoms with Crippen LogP contribution >= 0.6 is 0 Å². The summed E-state index contributed by atoms with van der Waals surface area (Å²) in [6.45, 7) is 0. The number of amides is 1. The molecule has 0 unspecified atom stereocenters. The molecular formula is C14H14N2O4. The van der Waals surface area contributed by atoms with E-state index in [-0.39, 0.29) is 5.56 Å². The lowest BCUT2D eigenvalue weighted by Crippen LogP contribution is -2.29. The first-order valence-electron chi connectivity index (χ1n) is 5.91. The number of hydrogen-bond acceptors (Lipinski definition) is 4. The van der Waals surface area contributed by atoms with Crippen molar-refractivity contribution in [1.29, 1.82) is 0 Å². The Kier molecular flexibility index (Phi) is 3.56. The van der Waals surface area contributed by atoms with Gasteiger partial charge >= 0.3 is 5.97 Å². The van der Waals surface area contributed by atoms with E-state index in [0.717, 1.165) is 0 Å². The molecule has 6 heteroatoms. The number of rotatable bonds is 3. The Morgan fingerprint density at radius 3 is 2.50 bits per heavy atom. The van der Waals surface area contributed by atoms with E-state index in [9.17, 15) is 14.4 Å². The molecule has 0 atom stereocenters. The summed E-state index contributed by atoms with van der Waals surface area (Å²) in [6, 6.07) is 4.79. The maximum Gasteiger partial charge on any atom is 0.337 e. The van der Waals surface area contributed by atoms with E-state index in [1.807, 2.05) is 0 Å². The van der Waals surface area contributed by atoms with E-state index in [0.29, 0.717) is 16.5 Å². The molecule has 0 fully saturated rings. The highest BCUT2D eigenvalue weighted by atomic mass is 16.5. The fourth-order valence-electron chi connectivity index (χ4n) is 1.87. The average molecular weight is 274 g/mol. The summed E-state index contributed by atoms with van der Waals surface area (Å²) in [5.74, 6) is -1.73. The summed E-state index contributed by atoms with van der Waals surface area (Å²) in [5.41, 5.74) is 1.24. The minimum atomic E-state index is -0.622. The summed E-state index contributed by atoms with van der Waals surface area (Å²) in [5, 5.41) is 0.521. The molecule has 0 aliphatic heterocycles. The van der Waals surface area contributed by atoms with Crippen molar-refractivity contribution in [3.05, 3.63) is 35.5 Å². The van der Waals surface area contributed by atoms with Gasteiger partial charge in [-0.25, -0.2) is 4.79 Å². The van der Waals surface area contributed by atoms with Crippen LogP contribution in [0.2, 0.25) is 0 Å². The molecule has 104 valence electrons. The number of ether oxygens (including phenoxy) is 1. The van der Waals surface area contributed by atoms with Crippen molar-refractivity contribution in [1.82, 2.24) is 9.88 Å². The number of ketones is 1. The first-order chi connectivity index (χ1) is 9.45. The third kappa shape index (κ3) is 2.27. The highest BCUT2D eigenvalue weighted by molar-refractivity contribution is 6.44. The second kappa shape index (κ2) is 5.16. The Bertz CT molecular complexity index is 700. The standard InChI is InChI=1S/C14H14N2O4/c1-16(2)13(18)12(17)10-7-15-11-5-4-8(6-9(10)11)14(19)20-3/h4-7,15H,1-3H3. The summed E-state index contributed by atoms with van der Waals surface area (Å²) in [4.78, 5) is 39.4. The van der Waals surface area contributed by atoms with Gasteiger partial charge in [0.2, 0.25) is 0 Å². The van der Waals surface area contributed by atoms with Crippen LogP contribution in [0.15, 0.2) is 24.4 Å². The number of methoxy groups -OCH3 is 1. The number of nitrogens with zero attached hydrogens (tertiary/aromatic N) is 1. The zero-order valence-electron chi connectivity index (χ0n) is 11.4. The SMILES string of the molecule is COC(=O)c1ccc2[nH]cc(C(=O)C(=O)N(C)C)c2c1. The van der Waals surface area contributed by atoms with Gasteiger partial charge in [0, 0.05) is 31.2 Å². The van der Waals surface area contributed by atoms with E-state index >= 15 is 0 Å².